The summed E-state index contributed by atoms with van der Waals surface area (Å²) in [5.41, 5.74) is 12.5. The predicted octanol–water partition coefficient (Wildman–Crippen LogP) is 13.1. The summed E-state index contributed by atoms with van der Waals surface area (Å²) in [5.74, 6) is 2.04. The lowest BCUT2D eigenvalue weighted by Gasteiger charge is -2.11. The van der Waals surface area contributed by atoms with Crippen molar-refractivity contribution in [2.45, 2.75) is 26.2 Å². The molecule has 0 radical (unpaired) electrons. The van der Waals surface area contributed by atoms with Crippen molar-refractivity contribution in [1.29, 1.82) is 0 Å². The van der Waals surface area contributed by atoms with Gasteiger partial charge in [0.05, 0.1) is 22.8 Å². The zero-order valence-corrected chi connectivity index (χ0v) is 30.7. The molecule has 54 heavy (non-hydrogen) atoms. The molecule has 1 unspecified atom stereocenters. The first-order chi connectivity index (χ1) is 26.6. The highest BCUT2D eigenvalue weighted by molar-refractivity contribution is 5.73. The van der Waals surface area contributed by atoms with Crippen molar-refractivity contribution >= 4 is 6.08 Å². The van der Waals surface area contributed by atoms with Crippen LogP contribution >= 0.6 is 0 Å². The number of hydrogen-bond acceptors (Lipinski definition) is 4. The van der Waals surface area contributed by atoms with Crippen LogP contribution < -0.4 is 0 Å². The average Bonchev–Trinajstić information content (AvgIpc) is 3.27. The number of rotatable bonds is 9. The topological polar surface area (TPSA) is 51.6 Å². The van der Waals surface area contributed by atoms with Gasteiger partial charge in [0.1, 0.15) is 0 Å². The van der Waals surface area contributed by atoms with Crippen LogP contribution in [0.5, 0.6) is 0 Å². The van der Waals surface area contributed by atoms with Crippen molar-refractivity contribution in [3.63, 3.8) is 0 Å². The Hall–Kier alpha value is -6.78. The maximum atomic E-state index is 4.88. The molecule has 4 nitrogen and oxygen atoms in total. The molecular formula is C50H42N4. The third-order valence-corrected chi connectivity index (χ3v) is 9.49. The fourth-order valence-corrected chi connectivity index (χ4v) is 6.14. The second-order valence-corrected chi connectivity index (χ2v) is 13.1. The van der Waals surface area contributed by atoms with E-state index in [9.17, 15) is 0 Å². The third kappa shape index (κ3) is 8.63. The minimum atomic E-state index is 0.561. The summed E-state index contributed by atoms with van der Waals surface area (Å²) in [7, 11) is 0. The van der Waals surface area contributed by atoms with Crippen LogP contribution in [0.15, 0.2) is 189 Å². The Morgan fingerprint density at radius 3 is 1.04 bits per heavy atom. The van der Waals surface area contributed by atoms with Gasteiger partial charge in [-0.05, 0) is 35.6 Å². The summed E-state index contributed by atoms with van der Waals surface area (Å²) in [4.78, 5) is 19.4. The normalized spacial score (nSPS) is 11.2. The summed E-state index contributed by atoms with van der Waals surface area (Å²) in [6.45, 7) is 8.29. The molecule has 0 fully saturated rings. The molecule has 2 aromatic heterocycles. The Morgan fingerprint density at radius 1 is 0.426 bits per heavy atom. The van der Waals surface area contributed by atoms with Gasteiger partial charge < -0.3 is 0 Å². The minimum Gasteiger partial charge on any atom is -0.228 e. The SMILES string of the molecule is C=Cc1ccc(-c2nc(-c3ccccc3)cc(-c3ccccc3)n2)cc1.CCC(C)c1ccc(-c2nc(-c3ccccc3)cc(-c3ccccc3)n2)cc1. The molecule has 8 rings (SSSR count). The van der Waals surface area contributed by atoms with Crippen molar-refractivity contribution in [2.75, 3.05) is 0 Å². The predicted molar refractivity (Wildman–Crippen MR) is 225 cm³/mol. The summed E-state index contributed by atoms with van der Waals surface area (Å²) < 4.78 is 0. The van der Waals surface area contributed by atoms with Gasteiger partial charge in [-0.3, -0.25) is 0 Å². The molecule has 1 atom stereocenters. The Labute approximate surface area is 318 Å². The highest BCUT2D eigenvalue weighted by atomic mass is 14.9. The van der Waals surface area contributed by atoms with E-state index in [1.165, 1.54) is 5.56 Å². The van der Waals surface area contributed by atoms with E-state index in [0.717, 1.165) is 79.8 Å². The summed E-state index contributed by atoms with van der Waals surface area (Å²) in [6.07, 6.45) is 2.97. The van der Waals surface area contributed by atoms with Crippen molar-refractivity contribution in [3.05, 3.63) is 200 Å². The molecular weight excluding hydrogens is 657 g/mol. The van der Waals surface area contributed by atoms with Crippen molar-refractivity contribution in [3.8, 4) is 67.8 Å². The Morgan fingerprint density at radius 2 is 0.741 bits per heavy atom. The van der Waals surface area contributed by atoms with Crippen molar-refractivity contribution in [2.24, 2.45) is 0 Å². The maximum absolute atomic E-state index is 4.88. The number of nitrogens with zero attached hydrogens (tertiary/aromatic N) is 4. The van der Waals surface area contributed by atoms with E-state index in [0.29, 0.717) is 5.92 Å². The van der Waals surface area contributed by atoms with Gasteiger partial charge in [0.2, 0.25) is 0 Å². The molecule has 0 bridgehead atoms. The molecule has 8 aromatic rings. The van der Waals surface area contributed by atoms with E-state index in [1.54, 1.807) is 0 Å². The lowest BCUT2D eigenvalue weighted by Crippen LogP contribution is -1.96. The van der Waals surface area contributed by atoms with Gasteiger partial charge in [-0.2, -0.15) is 0 Å². The molecule has 0 aliphatic rings. The first-order valence-electron chi connectivity index (χ1n) is 18.4. The van der Waals surface area contributed by atoms with Crippen LogP contribution in [-0.2, 0) is 0 Å². The zero-order valence-electron chi connectivity index (χ0n) is 30.7. The van der Waals surface area contributed by atoms with E-state index >= 15 is 0 Å². The molecule has 0 spiro atoms. The highest BCUT2D eigenvalue weighted by Gasteiger charge is 2.12. The molecule has 0 saturated heterocycles. The molecule has 262 valence electrons. The van der Waals surface area contributed by atoms with E-state index in [4.69, 9.17) is 19.9 Å². The largest absolute Gasteiger partial charge is 0.228 e. The molecule has 6 aromatic carbocycles. The van der Waals surface area contributed by atoms with Gasteiger partial charge in [0, 0.05) is 33.4 Å². The first kappa shape index (κ1) is 35.6. The lowest BCUT2D eigenvalue weighted by atomic mass is 9.97. The van der Waals surface area contributed by atoms with E-state index < -0.39 is 0 Å². The van der Waals surface area contributed by atoms with Crippen molar-refractivity contribution in [1.82, 2.24) is 19.9 Å². The molecule has 0 aliphatic carbocycles. The first-order valence-corrected chi connectivity index (χ1v) is 18.4. The average molecular weight is 699 g/mol. The molecule has 0 aliphatic heterocycles. The smallest absolute Gasteiger partial charge is 0.160 e. The second-order valence-electron chi connectivity index (χ2n) is 13.1. The number of benzene rings is 6. The molecule has 0 N–H and O–H groups in total. The van der Waals surface area contributed by atoms with Crippen LogP contribution in [0, 0.1) is 0 Å². The van der Waals surface area contributed by atoms with E-state index in [-0.39, 0.29) is 0 Å². The van der Waals surface area contributed by atoms with Gasteiger partial charge in [-0.15, -0.1) is 0 Å². The van der Waals surface area contributed by atoms with Crippen LogP contribution in [-0.4, -0.2) is 19.9 Å². The fourth-order valence-electron chi connectivity index (χ4n) is 6.14. The standard InChI is InChI=1S/C26H24N2.C24H18N2/c1-3-19(2)20-14-16-23(17-15-20)26-27-24(21-10-6-4-7-11-21)18-25(28-26)22-12-8-5-9-13-22;1-2-18-13-15-21(16-14-18)24-25-22(19-9-5-3-6-10-19)17-23(26-24)20-11-7-4-8-12-20/h4-19H,3H2,1-2H3;2-17H,1H2. The molecule has 0 amide bonds. The Bertz CT molecular complexity index is 2290. The van der Waals surface area contributed by atoms with E-state index in [2.05, 4.69) is 99.3 Å². The number of hydrogen-bond donors (Lipinski definition) is 0. The maximum Gasteiger partial charge on any atom is 0.160 e. The Kier molecular flexibility index (Phi) is 11.3. The fraction of sp³-hybridized carbons (Fsp3) is 0.0800. The zero-order chi connectivity index (χ0) is 37.1. The van der Waals surface area contributed by atoms with Gasteiger partial charge in [0.15, 0.2) is 11.6 Å². The van der Waals surface area contributed by atoms with Crippen LogP contribution in [0.4, 0.5) is 0 Å². The quantitative estimate of drug-likeness (QED) is 0.151. The Balaban J connectivity index is 0.000000167. The van der Waals surface area contributed by atoms with Crippen LogP contribution in [0.25, 0.3) is 73.9 Å². The van der Waals surface area contributed by atoms with Crippen LogP contribution in [0.3, 0.4) is 0 Å². The van der Waals surface area contributed by atoms with Crippen molar-refractivity contribution < 1.29 is 0 Å². The van der Waals surface area contributed by atoms with Gasteiger partial charge in [-0.1, -0.05) is 196 Å². The van der Waals surface area contributed by atoms with Gasteiger partial charge >= 0.3 is 0 Å². The molecule has 0 saturated carbocycles. The summed E-state index contributed by atoms with van der Waals surface area (Å²) in [5, 5.41) is 0. The van der Waals surface area contributed by atoms with Crippen LogP contribution in [0.2, 0.25) is 0 Å². The number of aromatic nitrogens is 4. The monoisotopic (exact) mass is 698 g/mol. The minimum absolute atomic E-state index is 0.561. The molecule has 4 heteroatoms. The lowest BCUT2D eigenvalue weighted by molar-refractivity contribution is 0.734. The van der Waals surface area contributed by atoms with Crippen LogP contribution in [0.1, 0.15) is 37.3 Å². The summed E-state index contributed by atoms with van der Waals surface area (Å²) >= 11 is 0. The van der Waals surface area contributed by atoms with Gasteiger partial charge in [0.25, 0.3) is 0 Å². The third-order valence-electron chi connectivity index (χ3n) is 9.49. The summed E-state index contributed by atoms with van der Waals surface area (Å²) in [6, 6.07) is 61.9. The second kappa shape index (κ2) is 17.2. The van der Waals surface area contributed by atoms with Gasteiger partial charge in [-0.25, -0.2) is 19.9 Å². The molecule has 2 heterocycles. The highest BCUT2D eigenvalue weighted by Crippen LogP contribution is 2.30. The van der Waals surface area contributed by atoms with E-state index in [1.807, 2.05) is 109 Å².